The quantitative estimate of drug-likeness (QED) is 0.192. The molecule has 0 unspecified atom stereocenters. The fourth-order valence-corrected chi connectivity index (χ4v) is 7.08. The summed E-state index contributed by atoms with van der Waals surface area (Å²) in [5.41, 5.74) is 8.30. The Balaban J connectivity index is 1.47. The van der Waals surface area contributed by atoms with E-state index in [1.165, 1.54) is 11.6 Å². The number of aliphatic carboxylic acids is 1. The molecular formula is C38H40FN5O4. The zero-order chi connectivity index (χ0) is 33.9. The molecule has 2 N–H and O–H groups in total. The SMILES string of the molecule is Cc1nc2c(cc(-c3ccnc(-c4cnc5c(c4)CCCN5)c3)n2C)c(-c2cc(F)c3c(c2C)CCCO3)c1[C@H](OC(C)(C)C)C(=O)O. The summed E-state index contributed by atoms with van der Waals surface area (Å²) in [5, 5.41) is 14.6. The Morgan fingerprint density at radius 3 is 2.69 bits per heavy atom. The topological polar surface area (TPSA) is 111 Å². The number of benzene rings is 1. The number of anilines is 1. The Labute approximate surface area is 279 Å². The van der Waals surface area contributed by atoms with E-state index in [0.29, 0.717) is 46.4 Å². The molecule has 48 heavy (non-hydrogen) atoms. The average Bonchev–Trinajstić information content (AvgIpc) is 3.39. The predicted octanol–water partition coefficient (Wildman–Crippen LogP) is 7.74. The summed E-state index contributed by atoms with van der Waals surface area (Å²) in [6.07, 6.45) is 5.76. The Kier molecular flexibility index (Phi) is 7.94. The highest BCUT2D eigenvalue weighted by molar-refractivity contribution is 6.01. The molecule has 5 aromatic rings. The highest BCUT2D eigenvalue weighted by Gasteiger charge is 2.34. The standard InChI is InChI=1S/C38H40FN5O4/c1-20-25-10-8-14-47-33(25)28(39)17-26(20)32-27-18-30(44(6)36(27)43-21(2)31(32)34(37(45)46)48-38(3,4)5)22-11-13-40-29(16-22)24-15-23-9-7-12-41-35(23)42-19-24/h11,13,15-19,34H,7-10,12,14H2,1-6H3,(H,41,42)(H,45,46)/t34-/m0/s1. The second-order valence-corrected chi connectivity index (χ2v) is 13.7. The lowest BCUT2D eigenvalue weighted by Gasteiger charge is -2.29. The first-order valence-corrected chi connectivity index (χ1v) is 16.5. The molecule has 4 aromatic heterocycles. The first-order chi connectivity index (χ1) is 22.9. The maximum Gasteiger partial charge on any atom is 0.337 e. The van der Waals surface area contributed by atoms with Crippen molar-refractivity contribution in [3.8, 4) is 39.4 Å². The molecular weight excluding hydrogens is 609 g/mol. The molecule has 0 radical (unpaired) electrons. The second kappa shape index (κ2) is 12.0. The van der Waals surface area contributed by atoms with E-state index in [4.69, 9.17) is 14.5 Å². The van der Waals surface area contributed by atoms with E-state index in [1.807, 2.05) is 63.7 Å². The number of fused-ring (bicyclic) bond motifs is 3. The number of nitrogens with one attached hydrogen (secondary N) is 1. The Hall–Kier alpha value is -4.83. The number of hydrogen-bond donors (Lipinski definition) is 2. The molecule has 2 aliphatic rings. The van der Waals surface area contributed by atoms with Crippen LogP contribution in [0.1, 0.15) is 67.7 Å². The number of carboxylic acid groups (broad SMARTS) is 1. The third-order valence-electron chi connectivity index (χ3n) is 9.30. The van der Waals surface area contributed by atoms with Crippen LogP contribution in [0.15, 0.2) is 42.7 Å². The highest BCUT2D eigenvalue weighted by atomic mass is 19.1. The molecule has 0 fully saturated rings. The van der Waals surface area contributed by atoms with Crippen molar-refractivity contribution in [1.82, 2.24) is 19.5 Å². The molecule has 0 saturated heterocycles. The zero-order valence-corrected chi connectivity index (χ0v) is 28.2. The number of hydrogen-bond acceptors (Lipinski definition) is 7. The number of halogens is 1. The fraction of sp³-hybridized carbons (Fsp3) is 0.368. The second-order valence-electron chi connectivity index (χ2n) is 13.7. The van der Waals surface area contributed by atoms with Crippen molar-refractivity contribution < 1.29 is 23.8 Å². The minimum atomic E-state index is -1.34. The van der Waals surface area contributed by atoms with E-state index in [2.05, 4.69) is 21.4 Å². The average molecular weight is 650 g/mol. The lowest BCUT2D eigenvalue weighted by Crippen LogP contribution is -2.28. The molecule has 6 heterocycles. The van der Waals surface area contributed by atoms with Gasteiger partial charge in [0.05, 0.1) is 23.6 Å². The number of nitrogens with zero attached hydrogens (tertiary/aromatic N) is 4. The van der Waals surface area contributed by atoms with Crippen molar-refractivity contribution in [2.75, 3.05) is 18.5 Å². The van der Waals surface area contributed by atoms with E-state index >= 15 is 4.39 Å². The minimum Gasteiger partial charge on any atom is -0.490 e. The van der Waals surface area contributed by atoms with Gasteiger partial charge in [-0.05, 0) is 107 Å². The van der Waals surface area contributed by atoms with Gasteiger partial charge in [0, 0.05) is 64.9 Å². The Morgan fingerprint density at radius 1 is 1.10 bits per heavy atom. The van der Waals surface area contributed by atoms with Gasteiger partial charge in [0.15, 0.2) is 17.7 Å². The van der Waals surface area contributed by atoms with Crippen LogP contribution in [-0.2, 0) is 29.4 Å². The highest BCUT2D eigenvalue weighted by Crippen LogP contribution is 2.45. The molecule has 2 aliphatic heterocycles. The maximum atomic E-state index is 15.8. The maximum absolute atomic E-state index is 15.8. The van der Waals surface area contributed by atoms with Crippen LogP contribution in [-0.4, -0.2) is 49.3 Å². The number of carboxylic acids is 1. The minimum absolute atomic E-state index is 0.275. The summed E-state index contributed by atoms with van der Waals surface area (Å²) in [6, 6.07) is 9.61. The summed E-state index contributed by atoms with van der Waals surface area (Å²) in [5.74, 6) is -0.405. The lowest BCUT2D eigenvalue weighted by molar-refractivity contribution is -0.160. The summed E-state index contributed by atoms with van der Waals surface area (Å²) in [6.45, 7) is 10.6. The summed E-state index contributed by atoms with van der Waals surface area (Å²) in [7, 11) is 1.94. The van der Waals surface area contributed by atoms with Crippen LogP contribution in [0.4, 0.5) is 10.2 Å². The monoisotopic (exact) mass is 649 g/mol. The van der Waals surface area contributed by atoms with Gasteiger partial charge in [0.1, 0.15) is 11.5 Å². The first kappa shape index (κ1) is 31.8. The van der Waals surface area contributed by atoms with Crippen LogP contribution < -0.4 is 10.1 Å². The molecule has 7 rings (SSSR count). The van der Waals surface area contributed by atoms with Gasteiger partial charge in [-0.1, -0.05) is 0 Å². The van der Waals surface area contributed by atoms with Crippen LogP contribution in [0.5, 0.6) is 5.75 Å². The molecule has 0 amide bonds. The molecule has 1 atom stereocenters. The van der Waals surface area contributed by atoms with Crippen molar-refractivity contribution in [3.63, 3.8) is 0 Å². The molecule has 10 heteroatoms. The normalized spacial score (nSPS) is 15.0. The molecule has 248 valence electrons. The fourth-order valence-electron chi connectivity index (χ4n) is 7.08. The van der Waals surface area contributed by atoms with E-state index in [0.717, 1.165) is 65.3 Å². The molecule has 0 saturated carbocycles. The van der Waals surface area contributed by atoms with Gasteiger partial charge in [-0.15, -0.1) is 0 Å². The zero-order valence-electron chi connectivity index (χ0n) is 28.2. The van der Waals surface area contributed by atoms with E-state index in [9.17, 15) is 9.90 Å². The third-order valence-corrected chi connectivity index (χ3v) is 9.30. The van der Waals surface area contributed by atoms with Crippen molar-refractivity contribution in [2.45, 2.75) is 72.0 Å². The first-order valence-electron chi connectivity index (χ1n) is 16.5. The largest absolute Gasteiger partial charge is 0.490 e. The van der Waals surface area contributed by atoms with Crippen LogP contribution in [0.2, 0.25) is 0 Å². The molecule has 0 bridgehead atoms. The van der Waals surface area contributed by atoms with Crippen molar-refractivity contribution in [1.29, 1.82) is 0 Å². The van der Waals surface area contributed by atoms with Gasteiger partial charge in [0.25, 0.3) is 0 Å². The number of ether oxygens (including phenoxy) is 2. The number of rotatable bonds is 6. The van der Waals surface area contributed by atoms with Crippen molar-refractivity contribution in [2.24, 2.45) is 7.05 Å². The number of aryl methyl sites for hydroxylation is 3. The molecule has 9 nitrogen and oxygen atoms in total. The summed E-state index contributed by atoms with van der Waals surface area (Å²) in [4.78, 5) is 27.2. The van der Waals surface area contributed by atoms with Gasteiger partial charge < -0.3 is 24.5 Å². The van der Waals surface area contributed by atoms with Crippen LogP contribution in [0, 0.1) is 19.7 Å². The van der Waals surface area contributed by atoms with Crippen molar-refractivity contribution in [3.05, 3.63) is 76.5 Å². The molecule has 0 spiro atoms. The van der Waals surface area contributed by atoms with E-state index < -0.39 is 23.5 Å². The van der Waals surface area contributed by atoms with Gasteiger partial charge in [-0.3, -0.25) is 4.98 Å². The van der Waals surface area contributed by atoms with Gasteiger partial charge in [0.2, 0.25) is 0 Å². The van der Waals surface area contributed by atoms with Crippen molar-refractivity contribution >= 4 is 22.8 Å². The van der Waals surface area contributed by atoms with Crippen LogP contribution in [0.3, 0.4) is 0 Å². The van der Waals surface area contributed by atoms with Crippen LogP contribution in [0.25, 0.3) is 44.7 Å². The molecule has 1 aromatic carbocycles. The summed E-state index contributed by atoms with van der Waals surface area (Å²) >= 11 is 0. The molecule has 0 aliphatic carbocycles. The van der Waals surface area contributed by atoms with E-state index in [1.54, 1.807) is 13.1 Å². The lowest BCUT2D eigenvalue weighted by atomic mass is 9.86. The Bertz CT molecular complexity index is 2100. The Morgan fingerprint density at radius 2 is 1.92 bits per heavy atom. The number of pyridine rings is 3. The van der Waals surface area contributed by atoms with Crippen LogP contribution >= 0.6 is 0 Å². The van der Waals surface area contributed by atoms with Gasteiger partial charge in [-0.2, -0.15) is 0 Å². The smallest absolute Gasteiger partial charge is 0.337 e. The summed E-state index contributed by atoms with van der Waals surface area (Å²) < 4.78 is 29.8. The van der Waals surface area contributed by atoms with Gasteiger partial charge >= 0.3 is 5.97 Å². The predicted molar refractivity (Wildman–Crippen MR) is 184 cm³/mol. The van der Waals surface area contributed by atoms with E-state index in [-0.39, 0.29) is 5.75 Å². The number of aromatic nitrogens is 4. The van der Waals surface area contributed by atoms with Gasteiger partial charge in [-0.25, -0.2) is 19.2 Å². The third kappa shape index (κ3) is 5.57. The number of carbonyl (C=O) groups is 1.